The molecule has 1 atom stereocenters. The zero-order valence-electron chi connectivity index (χ0n) is 11.2. The fourth-order valence-corrected chi connectivity index (χ4v) is 2.08. The van der Waals surface area contributed by atoms with E-state index >= 15 is 0 Å². The van der Waals surface area contributed by atoms with Gasteiger partial charge in [0.1, 0.15) is 6.04 Å². The highest BCUT2D eigenvalue weighted by Gasteiger charge is 2.21. The fraction of sp³-hybridized carbons (Fsp3) is 0.250. The van der Waals surface area contributed by atoms with Crippen LogP contribution in [0.1, 0.15) is 23.2 Å². The summed E-state index contributed by atoms with van der Waals surface area (Å²) in [5.74, 6) is -3.31. The Hall–Kier alpha value is -2.46. The van der Waals surface area contributed by atoms with Gasteiger partial charge in [-0.3, -0.25) is 9.59 Å². The van der Waals surface area contributed by atoms with Gasteiger partial charge in [-0.25, -0.2) is 18.4 Å². The van der Waals surface area contributed by atoms with Crippen molar-refractivity contribution in [2.45, 2.75) is 23.8 Å². The van der Waals surface area contributed by atoms with Crippen molar-refractivity contribution < 1.29 is 33.0 Å². The van der Waals surface area contributed by atoms with Gasteiger partial charge in [0.25, 0.3) is 5.91 Å². The Balaban J connectivity index is 2.82. The molecule has 0 bridgehead atoms. The highest BCUT2D eigenvalue weighted by molar-refractivity contribution is 7.89. The smallest absolute Gasteiger partial charge is 0.326 e. The molecule has 0 spiro atoms. The molecule has 0 aliphatic heterocycles. The third-order valence-corrected chi connectivity index (χ3v) is 3.62. The maximum atomic E-state index is 11.9. The summed E-state index contributed by atoms with van der Waals surface area (Å²) in [6.07, 6.45) is -0.687. The number of carbonyl (C=O) groups excluding carboxylic acids is 1. The predicted molar refractivity (Wildman–Crippen MR) is 73.6 cm³/mol. The number of carbonyl (C=O) groups is 3. The van der Waals surface area contributed by atoms with Crippen molar-refractivity contribution in [3.8, 4) is 0 Å². The zero-order chi connectivity index (χ0) is 16.9. The molecule has 5 N–H and O–H groups in total. The van der Waals surface area contributed by atoms with Crippen molar-refractivity contribution in [2.24, 2.45) is 5.14 Å². The molecule has 10 heteroatoms. The van der Waals surface area contributed by atoms with Gasteiger partial charge in [-0.1, -0.05) is 0 Å². The SMILES string of the molecule is NS(=O)(=O)c1ccc(C(=O)NC(CCC(=O)O)C(=O)O)cc1. The van der Waals surface area contributed by atoms with Gasteiger partial charge in [0, 0.05) is 12.0 Å². The molecule has 1 aromatic carbocycles. The van der Waals surface area contributed by atoms with E-state index in [1.54, 1.807) is 0 Å². The first-order valence-electron chi connectivity index (χ1n) is 5.99. The lowest BCUT2D eigenvalue weighted by molar-refractivity contribution is -0.140. The van der Waals surface area contributed by atoms with Crippen LogP contribution in [0.15, 0.2) is 29.2 Å². The number of carboxylic acids is 2. The first kappa shape index (κ1) is 17.6. The normalized spacial score (nSPS) is 12.4. The largest absolute Gasteiger partial charge is 0.481 e. The Morgan fingerprint density at radius 2 is 1.68 bits per heavy atom. The summed E-state index contributed by atoms with van der Waals surface area (Å²) in [6, 6.07) is 3.20. The maximum Gasteiger partial charge on any atom is 0.326 e. The number of rotatable bonds is 7. The van der Waals surface area contributed by atoms with Crippen molar-refractivity contribution in [3.63, 3.8) is 0 Å². The van der Waals surface area contributed by atoms with E-state index in [-0.39, 0.29) is 16.9 Å². The molecule has 1 amide bonds. The van der Waals surface area contributed by atoms with Crippen LogP contribution < -0.4 is 10.5 Å². The first-order chi connectivity index (χ1) is 10.1. The van der Waals surface area contributed by atoms with E-state index in [1.165, 1.54) is 12.1 Å². The van der Waals surface area contributed by atoms with E-state index in [0.29, 0.717) is 0 Å². The topological polar surface area (TPSA) is 164 Å². The number of amides is 1. The van der Waals surface area contributed by atoms with Gasteiger partial charge < -0.3 is 15.5 Å². The van der Waals surface area contributed by atoms with Crippen molar-refractivity contribution in [3.05, 3.63) is 29.8 Å². The average molecular weight is 330 g/mol. The van der Waals surface area contributed by atoms with E-state index in [0.717, 1.165) is 12.1 Å². The molecule has 0 aliphatic rings. The van der Waals surface area contributed by atoms with Gasteiger partial charge in [-0.2, -0.15) is 0 Å². The number of sulfonamides is 1. The van der Waals surface area contributed by atoms with Crippen LogP contribution in [0.5, 0.6) is 0 Å². The second-order valence-electron chi connectivity index (χ2n) is 4.37. The number of hydrogen-bond donors (Lipinski definition) is 4. The molecule has 0 saturated carbocycles. The van der Waals surface area contributed by atoms with Gasteiger partial charge in [-0.15, -0.1) is 0 Å². The van der Waals surface area contributed by atoms with Gasteiger partial charge in [0.15, 0.2) is 0 Å². The minimum atomic E-state index is -3.89. The molecule has 0 radical (unpaired) electrons. The maximum absolute atomic E-state index is 11.9. The number of hydrogen-bond acceptors (Lipinski definition) is 5. The summed E-state index contributed by atoms with van der Waals surface area (Å²) in [4.78, 5) is 33.1. The van der Waals surface area contributed by atoms with E-state index in [1.807, 2.05) is 0 Å². The van der Waals surface area contributed by atoms with Crippen LogP contribution in [0.2, 0.25) is 0 Å². The molecule has 0 aromatic heterocycles. The van der Waals surface area contributed by atoms with Crippen molar-refractivity contribution in [1.82, 2.24) is 5.32 Å². The van der Waals surface area contributed by atoms with Gasteiger partial charge in [0.05, 0.1) is 4.90 Å². The van der Waals surface area contributed by atoms with E-state index in [4.69, 9.17) is 15.4 Å². The third kappa shape index (κ3) is 5.14. The monoisotopic (exact) mass is 330 g/mol. The molecular formula is C12H14N2O7S. The Morgan fingerprint density at radius 3 is 2.09 bits per heavy atom. The van der Waals surface area contributed by atoms with Crippen molar-refractivity contribution in [2.75, 3.05) is 0 Å². The Morgan fingerprint density at radius 1 is 1.14 bits per heavy atom. The quantitative estimate of drug-likeness (QED) is 0.517. The standard InChI is InChI=1S/C12H14N2O7S/c13-22(20,21)8-3-1-7(2-4-8)11(17)14-9(12(18)19)5-6-10(15)16/h1-4,9H,5-6H2,(H,14,17)(H,15,16)(H,18,19)(H2,13,20,21). The lowest BCUT2D eigenvalue weighted by Gasteiger charge is -2.13. The van der Waals surface area contributed by atoms with E-state index in [2.05, 4.69) is 5.32 Å². The van der Waals surface area contributed by atoms with Crippen LogP contribution in [0, 0.1) is 0 Å². The summed E-state index contributed by atoms with van der Waals surface area (Å²) in [7, 11) is -3.89. The summed E-state index contributed by atoms with van der Waals surface area (Å²) >= 11 is 0. The van der Waals surface area contributed by atoms with Crippen LogP contribution in [0.25, 0.3) is 0 Å². The Bertz CT molecular complexity index is 682. The summed E-state index contributed by atoms with van der Waals surface area (Å²) in [5.41, 5.74) is 0.0222. The van der Waals surface area contributed by atoms with Crippen LogP contribution in [0.3, 0.4) is 0 Å². The highest BCUT2D eigenvalue weighted by atomic mass is 32.2. The summed E-state index contributed by atoms with van der Waals surface area (Å²) in [6.45, 7) is 0. The molecule has 0 fully saturated rings. The van der Waals surface area contributed by atoms with Crippen LogP contribution in [-0.2, 0) is 19.6 Å². The van der Waals surface area contributed by atoms with E-state index in [9.17, 15) is 22.8 Å². The van der Waals surface area contributed by atoms with Crippen LogP contribution >= 0.6 is 0 Å². The molecular weight excluding hydrogens is 316 g/mol. The number of primary sulfonamides is 1. The number of aliphatic carboxylic acids is 2. The fourth-order valence-electron chi connectivity index (χ4n) is 1.56. The molecule has 0 aliphatic carbocycles. The molecule has 1 aromatic rings. The average Bonchev–Trinajstić information content (AvgIpc) is 2.41. The lowest BCUT2D eigenvalue weighted by atomic mass is 10.1. The van der Waals surface area contributed by atoms with Crippen LogP contribution in [-0.4, -0.2) is 42.5 Å². The predicted octanol–water partition coefficient (Wildman–Crippen LogP) is -0.618. The molecule has 120 valence electrons. The Kier molecular flexibility index (Phi) is 5.60. The lowest BCUT2D eigenvalue weighted by Crippen LogP contribution is -2.41. The first-order valence-corrected chi connectivity index (χ1v) is 7.54. The zero-order valence-corrected chi connectivity index (χ0v) is 12.0. The van der Waals surface area contributed by atoms with E-state index < -0.39 is 40.3 Å². The minimum Gasteiger partial charge on any atom is -0.481 e. The molecule has 9 nitrogen and oxygen atoms in total. The molecule has 1 unspecified atom stereocenters. The van der Waals surface area contributed by atoms with Gasteiger partial charge in [0.2, 0.25) is 10.0 Å². The number of carboxylic acid groups (broad SMARTS) is 2. The molecule has 0 heterocycles. The second-order valence-corrected chi connectivity index (χ2v) is 5.93. The number of nitrogens with one attached hydrogen (secondary N) is 1. The Labute approximate surface area is 125 Å². The second kappa shape index (κ2) is 7.00. The highest BCUT2D eigenvalue weighted by Crippen LogP contribution is 2.09. The van der Waals surface area contributed by atoms with Gasteiger partial charge in [-0.05, 0) is 30.7 Å². The number of benzene rings is 1. The summed E-state index contributed by atoms with van der Waals surface area (Å²) in [5, 5.41) is 24.5. The third-order valence-electron chi connectivity index (χ3n) is 2.70. The molecule has 22 heavy (non-hydrogen) atoms. The van der Waals surface area contributed by atoms with Crippen LogP contribution in [0.4, 0.5) is 0 Å². The number of nitrogens with two attached hydrogens (primary N) is 1. The summed E-state index contributed by atoms with van der Waals surface area (Å²) < 4.78 is 22.1. The molecule has 1 rings (SSSR count). The van der Waals surface area contributed by atoms with Crippen molar-refractivity contribution in [1.29, 1.82) is 0 Å². The minimum absolute atomic E-state index is 0.0222. The molecule has 0 saturated heterocycles. The van der Waals surface area contributed by atoms with Gasteiger partial charge >= 0.3 is 11.9 Å². The van der Waals surface area contributed by atoms with Crippen molar-refractivity contribution >= 4 is 27.9 Å².